The molecule has 1 atom stereocenters. The van der Waals surface area contributed by atoms with Gasteiger partial charge in [0.05, 0.1) is 6.61 Å². The van der Waals surface area contributed by atoms with Gasteiger partial charge in [0.2, 0.25) is 6.29 Å². The van der Waals surface area contributed by atoms with Crippen LogP contribution in [0.5, 0.6) is 5.75 Å². The Morgan fingerprint density at radius 2 is 1.79 bits per heavy atom. The van der Waals surface area contributed by atoms with E-state index in [9.17, 15) is 0 Å². The Kier molecular flexibility index (Phi) is 7.01. The van der Waals surface area contributed by atoms with E-state index in [1.54, 1.807) is 0 Å². The van der Waals surface area contributed by atoms with Crippen molar-refractivity contribution < 1.29 is 9.47 Å². The fraction of sp³-hybridized carbons (Fsp3) is 0.379. The Labute approximate surface area is 202 Å². The molecule has 172 valence electrons. The molecule has 0 aromatic heterocycles. The van der Waals surface area contributed by atoms with Crippen molar-refractivity contribution in [3.8, 4) is 5.75 Å². The first-order chi connectivity index (χ1) is 16.2. The highest BCUT2D eigenvalue weighted by molar-refractivity contribution is 6.31. The van der Waals surface area contributed by atoms with Gasteiger partial charge in [0.15, 0.2) is 0 Å². The minimum Gasteiger partial charge on any atom is -0.461 e. The molecular formula is C29H32ClNO2. The first kappa shape index (κ1) is 22.5. The Bertz CT molecular complexity index is 1080. The molecule has 1 fully saturated rings. The molecule has 1 unspecified atom stereocenters. The maximum absolute atomic E-state index is 6.77. The quantitative estimate of drug-likeness (QED) is 0.345. The summed E-state index contributed by atoms with van der Waals surface area (Å²) >= 11 is 6.77. The number of hydrogen-bond acceptors (Lipinski definition) is 3. The molecule has 5 rings (SSSR count). The number of fused-ring (bicyclic) bond motifs is 1. The van der Waals surface area contributed by atoms with Crippen molar-refractivity contribution in [1.82, 2.24) is 4.90 Å². The summed E-state index contributed by atoms with van der Waals surface area (Å²) in [6.45, 7) is 2.53. The molecule has 1 saturated carbocycles. The van der Waals surface area contributed by atoms with Crippen LogP contribution in [-0.4, -0.2) is 18.5 Å². The second kappa shape index (κ2) is 10.3. The van der Waals surface area contributed by atoms with E-state index in [0.29, 0.717) is 12.5 Å². The Morgan fingerprint density at radius 3 is 2.61 bits per heavy atom. The molecule has 33 heavy (non-hydrogen) atoms. The van der Waals surface area contributed by atoms with E-state index in [4.69, 9.17) is 21.1 Å². The van der Waals surface area contributed by atoms with Gasteiger partial charge in [-0.2, -0.15) is 0 Å². The lowest BCUT2D eigenvalue weighted by Gasteiger charge is -2.28. The summed E-state index contributed by atoms with van der Waals surface area (Å²) in [5.74, 6) is 1.32. The molecule has 1 aliphatic carbocycles. The van der Waals surface area contributed by atoms with Gasteiger partial charge in [-0.05, 0) is 72.7 Å². The van der Waals surface area contributed by atoms with E-state index in [-0.39, 0.29) is 0 Å². The normalized spacial score (nSPS) is 17.6. The summed E-state index contributed by atoms with van der Waals surface area (Å²) < 4.78 is 13.0. The fourth-order valence-corrected chi connectivity index (χ4v) is 5.55. The van der Waals surface area contributed by atoms with Crippen molar-refractivity contribution in [2.75, 3.05) is 13.6 Å². The van der Waals surface area contributed by atoms with Gasteiger partial charge in [-0.3, -0.25) is 0 Å². The molecular weight excluding hydrogens is 430 g/mol. The minimum absolute atomic E-state index is 0.470. The van der Waals surface area contributed by atoms with Gasteiger partial charge in [0, 0.05) is 23.7 Å². The van der Waals surface area contributed by atoms with Gasteiger partial charge in [0.1, 0.15) is 5.75 Å². The van der Waals surface area contributed by atoms with E-state index in [2.05, 4.69) is 48.3 Å². The van der Waals surface area contributed by atoms with Crippen LogP contribution >= 0.6 is 11.6 Å². The standard InChI is InChI=1S/C29H32ClNO2/c1-31-17-16-22-14-15-25(18-24(22)19-31)33-29(32-20-21-8-3-2-4-9-21)26-12-7-13-27(30)28(26)23-10-5-6-11-23/h2-4,7-9,12-15,18,23,29H,5-6,10-11,16-17,19-20H2,1H3. The third-order valence-electron chi connectivity index (χ3n) is 6.97. The van der Waals surface area contributed by atoms with E-state index >= 15 is 0 Å². The lowest BCUT2D eigenvalue weighted by Crippen LogP contribution is -2.26. The zero-order valence-corrected chi connectivity index (χ0v) is 20.1. The zero-order valence-electron chi connectivity index (χ0n) is 19.3. The molecule has 4 heteroatoms. The van der Waals surface area contributed by atoms with Crippen LogP contribution in [0.25, 0.3) is 0 Å². The second-order valence-corrected chi connectivity index (χ2v) is 9.80. The first-order valence-electron chi connectivity index (χ1n) is 12.1. The van der Waals surface area contributed by atoms with Gasteiger partial charge in [-0.1, -0.05) is 73.0 Å². The van der Waals surface area contributed by atoms with Crippen LogP contribution in [0.2, 0.25) is 5.02 Å². The predicted octanol–water partition coefficient (Wildman–Crippen LogP) is 7.28. The van der Waals surface area contributed by atoms with E-state index in [1.807, 2.05) is 30.3 Å². The number of halogens is 1. The van der Waals surface area contributed by atoms with Crippen molar-refractivity contribution in [2.24, 2.45) is 0 Å². The number of likely N-dealkylation sites (N-methyl/N-ethyl adjacent to an activating group) is 1. The average molecular weight is 462 g/mol. The van der Waals surface area contributed by atoms with Gasteiger partial charge in [0.25, 0.3) is 0 Å². The summed E-state index contributed by atoms with van der Waals surface area (Å²) in [4.78, 5) is 2.35. The number of benzene rings is 3. The van der Waals surface area contributed by atoms with E-state index in [1.165, 1.54) is 42.4 Å². The molecule has 0 saturated heterocycles. The Hall–Kier alpha value is -2.33. The lowest BCUT2D eigenvalue weighted by molar-refractivity contribution is -0.0935. The van der Waals surface area contributed by atoms with Gasteiger partial charge < -0.3 is 14.4 Å². The van der Waals surface area contributed by atoms with Crippen LogP contribution in [0.1, 0.15) is 65.7 Å². The average Bonchev–Trinajstić information content (AvgIpc) is 3.36. The maximum Gasteiger partial charge on any atom is 0.227 e. The number of nitrogens with zero attached hydrogens (tertiary/aromatic N) is 1. The molecule has 0 amide bonds. The molecule has 0 radical (unpaired) electrons. The maximum atomic E-state index is 6.77. The number of hydrogen-bond donors (Lipinski definition) is 0. The molecule has 0 spiro atoms. The van der Waals surface area contributed by atoms with Crippen molar-refractivity contribution in [3.63, 3.8) is 0 Å². The second-order valence-electron chi connectivity index (χ2n) is 9.39. The van der Waals surface area contributed by atoms with Crippen molar-refractivity contribution in [1.29, 1.82) is 0 Å². The third kappa shape index (κ3) is 5.27. The van der Waals surface area contributed by atoms with Crippen LogP contribution in [-0.2, 0) is 24.3 Å². The summed E-state index contributed by atoms with van der Waals surface area (Å²) in [5.41, 5.74) is 6.14. The monoisotopic (exact) mass is 461 g/mol. The fourth-order valence-electron chi connectivity index (χ4n) is 5.21. The van der Waals surface area contributed by atoms with E-state index in [0.717, 1.165) is 41.4 Å². The summed E-state index contributed by atoms with van der Waals surface area (Å²) in [6.07, 6.45) is 5.42. The highest BCUT2D eigenvalue weighted by Crippen LogP contribution is 2.42. The van der Waals surface area contributed by atoms with Crippen molar-refractivity contribution in [2.45, 2.75) is 57.5 Å². The Balaban J connectivity index is 1.46. The summed E-state index contributed by atoms with van der Waals surface area (Å²) in [7, 11) is 2.17. The number of rotatable bonds is 7. The van der Waals surface area contributed by atoms with Crippen LogP contribution in [0, 0.1) is 0 Å². The first-order valence-corrected chi connectivity index (χ1v) is 12.5. The Morgan fingerprint density at radius 1 is 0.970 bits per heavy atom. The predicted molar refractivity (Wildman–Crippen MR) is 134 cm³/mol. The SMILES string of the molecule is CN1CCc2ccc(OC(OCc3ccccc3)c3cccc(Cl)c3C3CCCC3)cc2C1. The highest BCUT2D eigenvalue weighted by Gasteiger charge is 2.27. The molecule has 3 nitrogen and oxygen atoms in total. The van der Waals surface area contributed by atoms with Crippen molar-refractivity contribution >= 4 is 11.6 Å². The van der Waals surface area contributed by atoms with Gasteiger partial charge in [-0.25, -0.2) is 0 Å². The topological polar surface area (TPSA) is 21.7 Å². The highest BCUT2D eigenvalue weighted by atomic mass is 35.5. The van der Waals surface area contributed by atoms with Crippen molar-refractivity contribution in [3.05, 3.63) is 99.6 Å². The lowest BCUT2D eigenvalue weighted by atomic mass is 9.92. The number of ether oxygens (including phenoxy) is 2. The minimum atomic E-state index is -0.515. The van der Waals surface area contributed by atoms with Crippen LogP contribution < -0.4 is 4.74 Å². The molecule has 0 N–H and O–H groups in total. The van der Waals surface area contributed by atoms with E-state index < -0.39 is 6.29 Å². The van der Waals surface area contributed by atoms with Crippen LogP contribution in [0.15, 0.2) is 66.7 Å². The van der Waals surface area contributed by atoms with Crippen LogP contribution in [0.3, 0.4) is 0 Å². The smallest absolute Gasteiger partial charge is 0.227 e. The third-order valence-corrected chi connectivity index (χ3v) is 7.30. The molecule has 2 aliphatic rings. The van der Waals surface area contributed by atoms with Crippen LogP contribution in [0.4, 0.5) is 0 Å². The molecule has 1 heterocycles. The molecule has 1 aliphatic heterocycles. The summed E-state index contributed by atoms with van der Waals surface area (Å²) in [5, 5.41) is 0.823. The largest absolute Gasteiger partial charge is 0.461 e. The van der Waals surface area contributed by atoms with Gasteiger partial charge in [-0.15, -0.1) is 0 Å². The summed E-state index contributed by atoms with van der Waals surface area (Å²) in [6, 6.07) is 22.9. The molecule has 3 aromatic carbocycles. The zero-order chi connectivity index (χ0) is 22.6. The molecule has 3 aromatic rings. The van der Waals surface area contributed by atoms with Gasteiger partial charge >= 0.3 is 0 Å². The molecule has 0 bridgehead atoms.